The molecule has 0 spiro atoms. The van der Waals surface area contributed by atoms with E-state index in [1.165, 1.54) is 38.0 Å². The van der Waals surface area contributed by atoms with Crippen molar-refractivity contribution in [2.24, 2.45) is 0 Å². The summed E-state index contributed by atoms with van der Waals surface area (Å²) in [6.45, 7) is 5.49. The van der Waals surface area contributed by atoms with Crippen LogP contribution in [0.3, 0.4) is 0 Å². The third kappa shape index (κ3) is 4.02. The Morgan fingerprint density at radius 1 is 0.840 bits per heavy atom. The maximum atomic E-state index is 5.39. The van der Waals surface area contributed by atoms with Gasteiger partial charge in [0, 0.05) is 43.8 Å². The van der Waals surface area contributed by atoms with Crippen LogP contribution in [-0.2, 0) is 4.74 Å². The zero-order valence-corrected chi connectivity index (χ0v) is 14.5. The fourth-order valence-electron chi connectivity index (χ4n) is 3.39. The first-order valence-corrected chi connectivity index (χ1v) is 9.16. The molecule has 2 aliphatic rings. The number of hydrogen-bond donors (Lipinski definition) is 1. The minimum absolute atomic E-state index is 0.735. The number of anilines is 4. The lowest BCUT2D eigenvalue weighted by molar-refractivity contribution is 0.122. The second-order valence-corrected chi connectivity index (χ2v) is 6.56. The number of nitrogens with zero attached hydrogens (tertiary/aromatic N) is 4. The van der Waals surface area contributed by atoms with E-state index in [-0.39, 0.29) is 0 Å². The number of piperidine rings is 1. The van der Waals surface area contributed by atoms with Crippen LogP contribution in [0.25, 0.3) is 0 Å². The van der Waals surface area contributed by atoms with Crippen LogP contribution in [0.15, 0.2) is 36.5 Å². The van der Waals surface area contributed by atoms with Crippen LogP contribution in [0, 0.1) is 0 Å². The maximum Gasteiger partial charge on any atom is 0.227 e. The predicted octanol–water partition coefficient (Wildman–Crippen LogP) is 3.05. The average Bonchev–Trinajstić information content (AvgIpc) is 2.70. The molecule has 2 saturated heterocycles. The van der Waals surface area contributed by atoms with Crippen LogP contribution < -0.4 is 15.1 Å². The number of morpholine rings is 1. The summed E-state index contributed by atoms with van der Waals surface area (Å²) in [5, 5.41) is 3.39. The summed E-state index contributed by atoms with van der Waals surface area (Å²) in [5.41, 5.74) is 2.36. The van der Waals surface area contributed by atoms with Crippen molar-refractivity contribution in [1.82, 2.24) is 9.97 Å². The lowest BCUT2D eigenvalue weighted by atomic mass is 10.1. The Labute approximate surface area is 148 Å². The predicted molar refractivity (Wildman–Crippen MR) is 101 cm³/mol. The zero-order valence-electron chi connectivity index (χ0n) is 14.5. The van der Waals surface area contributed by atoms with Crippen molar-refractivity contribution < 1.29 is 4.74 Å². The van der Waals surface area contributed by atoms with Crippen LogP contribution in [-0.4, -0.2) is 49.4 Å². The van der Waals surface area contributed by atoms with Crippen molar-refractivity contribution >= 4 is 23.1 Å². The summed E-state index contributed by atoms with van der Waals surface area (Å²) in [4.78, 5) is 13.7. The minimum atomic E-state index is 0.735. The smallest absolute Gasteiger partial charge is 0.227 e. The van der Waals surface area contributed by atoms with E-state index in [1.807, 2.05) is 12.3 Å². The molecule has 1 N–H and O–H groups in total. The van der Waals surface area contributed by atoms with E-state index in [0.29, 0.717) is 0 Å². The first-order valence-electron chi connectivity index (χ1n) is 9.16. The number of hydrogen-bond acceptors (Lipinski definition) is 6. The molecule has 2 fully saturated rings. The molecule has 2 aliphatic heterocycles. The highest BCUT2D eigenvalue weighted by Gasteiger charge is 2.14. The van der Waals surface area contributed by atoms with Crippen molar-refractivity contribution in [3.8, 4) is 0 Å². The van der Waals surface area contributed by atoms with Gasteiger partial charge < -0.3 is 19.9 Å². The third-order valence-corrected chi connectivity index (χ3v) is 4.80. The molecule has 2 aromatic rings. The molecule has 0 saturated carbocycles. The molecule has 4 rings (SSSR count). The first-order chi connectivity index (χ1) is 12.4. The molecule has 0 aliphatic carbocycles. The van der Waals surface area contributed by atoms with E-state index in [2.05, 4.69) is 49.4 Å². The van der Waals surface area contributed by atoms with Gasteiger partial charge in [-0.1, -0.05) is 0 Å². The van der Waals surface area contributed by atoms with Crippen molar-refractivity contribution in [3.05, 3.63) is 36.5 Å². The Balaban J connectivity index is 1.43. The summed E-state index contributed by atoms with van der Waals surface area (Å²) >= 11 is 0. The summed E-state index contributed by atoms with van der Waals surface area (Å²) in [5.74, 6) is 1.58. The van der Waals surface area contributed by atoms with Crippen LogP contribution in [0.2, 0.25) is 0 Å². The van der Waals surface area contributed by atoms with Crippen molar-refractivity contribution in [2.45, 2.75) is 19.3 Å². The Morgan fingerprint density at radius 2 is 1.60 bits per heavy atom. The third-order valence-electron chi connectivity index (χ3n) is 4.80. The summed E-state index contributed by atoms with van der Waals surface area (Å²) in [6, 6.07) is 10.5. The molecule has 0 unspecified atom stereocenters. The number of benzene rings is 1. The normalized spacial score (nSPS) is 18.2. The highest BCUT2D eigenvalue weighted by molar-refractivity contribution is 5.61. The van der Waals surface area contributed by atoms with Gasteiger partial charge in [-0.05, 0) is 49.6 Å². The topological polar surface area (TPSA) is 53.5 Å². The lowest BCUT2D eigenvalue weighted by Gasteiger charge is -2.29. The summed E-state index contributed by atoms with van der Waals surface area (Å²) < 4.78 is 5.39. The van der Waals surface area contributed by atoms with Gasteiger partial charge in [0.05, 0.1) is 13.2 Å². The standard InChI is InChI=1S/C19H25N5O/c1-2-10-23(11-3-1)17-6-4-16(5-7-17)21-18-8-9-20-19(22-18)24-12-14-25-15-13-24/h4-9H,1-3,10-15H2,(H,20,21,22). The van der Waals surface area contributed by atoms with Gasteiger partial charge in [0.2, 0.25) is 5.95 Å². The van der Waals surface area contributed by atoms with Gasteiger partial charge in [-0.3, -0.25) is 0 Å². The minimum Gasteiger partial charge on any atom is -0.378 e. The molecule has 6 nitrogen and oxygen atoms in total. The van der Waals surface area contributed by atoms with Crippen LogP contribution in [0.1, 0.15) is 19.3 Å². The van der Waals surface area contributed by atoms with Crippen molar-refractivity contribution in [1.29, 1.82) is 0 Å². The van der Waals surface area contributed by atoms with E-state index < -0.39 is 0 Å². The number of ether oxygens (including phenoxy) is 1. The molecule has 132 valence electrons. The molecular formula is C19H25N5O. The first kappa shape index (κ1) is 16.1. The van der Waals surface area contributed by atoms with E-state index >= 15 is 0 Å². The van der Waals surface area contributed by atoms with Gasteiger partial charge in [-0.25, -0.2) is 4.98 Å². The number of rotatable bonds is 4. The van der Waals surface area contributed by atoms with E-state index in [1.54, 1.807) is 0 Å². The van der Waals surface area contributed by atoms with Gasteiger partial charge in [-0.15, -0.1) is 0 Å². The monoisotopic (exact) mass is 339 g/mol. The van der Waals surface area contributed by atoms with Crippen LogP contribution in [0.4, 0.5) is 23.1 Å². The van der Waals surface area contributed by atoms with Crippen molar-refractivity contribution in [2.75, 3.05) is 54.5 Å². The maximum absolute atomic E-state index is 5.39. The fourth-order valence-corrected chi connectivity index (χ4v) is 3.39. The van der Waals surface area contributed by atoms with Gasteiger partial charge in [0.25, 0.3) is 0 Å². The van der Waals surface area contributed by atoms with Crippen molar-refractivity contribution in [3.63, 3.8) is 0 Å². The van der Waals surface area contributed by atoms with E-state index in [9.17, 15) is 0 Å². The molecule has 0 radical (unpaired) electrons. The number of nitrogens with one attached hydrogen (secondary N) is 1. The highest BCUT2D eigenvalue weighted by atomic mass is 16.5. The van der Waals surface area contributed by atoms with Gasteiger partial charge in [-0.2, -0.15) is 4.98 Å². The van der Waals surface area contributed by atoms with Crippen LogP contribution in [0.5, 0.6) is 0 Å². The second-order valence-electron chi connectivity index (χ2n) is 6.56. The van der Waals surface area contributed by atoms with E-state index in [4.69, 9.17) is 4.74 Å². The zero-order chi connectivity index (χ0) is 16.9. The molecule has 3 heterocycles. The molecular weight excluding hydrogens is 314 g/mol. The molecule has 1 aromatic carbocycles. The Kier molecular flexibility index (Phi) is 4.97. The Bertz CT molecular complexity index is 678. The fraction of sp³-hybridized carbons (Fsp3) is 0.474. The quantitative estimate of drug-likeness (QED) is 0.924. The van der Waals surface area contributed by atoms with Crippen LogP contribution >= 0.6 is 0 Å². The molecule has 0 atom stereocenters. The Morgan fingerprint density at radius 3 is 2.36 bits per heavy atom. The molecule has 0 amide bonds. The highest BCUT2D eigenvalue weighted by Crippen LogP contribution is 2.23. The average molecular weight is 339 g/mol. The van der Waals surface area contributed by atoms with Gasteiger partial charge >= 0.3 is 0 Å². The van der Waals surface area contributed by atoms with Gasteiger partial charge in [0.1, 0.15) is 5.82 Å². The SMILES string of the molecule is c1cc(Nc2ccc(N3CCCCC3)cc2)nc(N2CCOCC2)n1. The molecule has 0 bridgehead atoms. The second kappa shape index (κ2) is 7.70. The van der Waals surface area contributed by atoms with E-state index in [0.717, 1.165) is 43.8 Å². The summed E-state index contributed by atoms with van der Waals surface area (Å²) in [6.07, 6.45) is 5.76. The molecule has 6 heteroatoms. The largest absolute Gasteiger partial charge is 0.378 e. The summed E-state index contributed by atoms with van der Waals surface area (Å²) in [7, 11) is 0. The molecule has 1 aromatic heterocycles. The molecule has 25 heavy (non-hydrogen) atoms. The van der Waals surface area contributed by atoms with Gasteiger partial charge in [0.15, 0.2) is 0 Å². The Hall–Kier alpha value is -2.34. The lowest BCUT2D eigenvalue weighted by Crippen LogP contribution is -2.37. The number of aromatic nitrogens is 2.